The number of nitrogens with two attached hydrogens (primary N) is 1. The zero-order chi connectivity index (χ0) is 15.6. The summed E-state index contributed by atoms with van der Waals surface area (Å²) in [7, 11) is -3.48. The number of rotatable bonds is 5. The zero-order valence-corrected chi connectivity index (χ0v) is 14.5. The summed E-state index contributed by atoms with van der Waals surface area (Å²) in [6.45, 7) is 4.12. The van der Waals surface area contributed by atoms with E-state index in [1.807, 2.05) is 31.7 Å². The average Bonchev–Trinajstić information content (AvgIpc) is 2.88. The van der Waals surface area contributed by atoms with Crippen LogP contribution in [0.15, 0.2) is 17.0 Å². The van der Waals surface area contributed by atoms with E-state index in [1.54, 1.807) is 6.07 Å². The third-order valence-electron chi connectivity index (χ3n) is 4.24. The van der Waals surface area contributed by atoms with E-state index >= 15 is 0 Å². The lowest BCUT2D eigenvalue weighted by Gasteiger charge is -2.16. The monoisotopic (exact) mass is 328 g/mol. The topological polar surface area (TPSA) is 72.2 Å². The van der Waals surface area contributed by atoms with E-state index in [0.717, 1.165) is 36.0 Å². The Hall–Kier alpha value is -0.560. The maximum Gasteiger partial charge on any atom is 0.241 e. The van der Waals surface area contributed by atoms with Crippen LogP contribution in [0.4, 0.5) is 0 Å². The van der Waals surface area contributed by atoms with Gasteiger partial charge in [-0.15, -0.1) is 0 Å². The van der Waals surface area contributed by atoms with Gasteiger partial charge in [-0.25, -0.2) is 13.1 Å². The standard InChI is InChI=1S/C15H24N2O2S2/c1-10-6-12(9-16)7-15(11(10)2)21(18,19)17-13-4-5-14(8-13)20-3/h6-7,13-14,17H,4-5,8-9,16H2,1-3H3. The van der Waals surface area contributed by atoms with Crippen LogP contribution in [0.2, 0.25) is 0 Å². The third kappa shape index (κ3) is 3.80. The quantitative estimate of drug-likeness (QED) is 0.870. The van der Waals surface area contributed by atoms with Gasteiger partial charge in [-0.3, -0.25) is 0 Å². The van der Waals surface area contributed by atoms with Crippen molar-refractivity contribution in [2.45, 2.75) is 55.8 Å². The first-order valence-electron chi connectivity index (χ1n) is 7.22. The minimum absolute atomic E-state index is 0.0497. The van der Waals surface area contributed by atoms with Crippen LogP contribution in [0.3, 0.4) is 0 Å². The normalized spacial score (nSPS) is 22.7. The first-order valence-corrected chi connectivity index (χ1v) is 9.99. The molecule has 2 atom stereocenters. The van der Waals surface area contributed by atoms with Crippen molar-refractivity contribution in [3.05, 3.63) is 28.8 Å². The van der Waals surface area contributed by atoms with E-state index < -0.39 is 10.0 Å². The fourth-order valence-electron chi connectivity index (χ4n) is 2.84. The molecule has 1 saturated carbocycles. The summed E-state index contributed by atoms with van der Waals surface area (Å²) in [5, 5.41) is 0.566. The van der Waals surface area contributed by atoms with Crippen molar-refractivity contribution in [3.63, 3.8) is 0 Å². The second-order valence-corrected chi connectivity index (χ2v) is 8.55. The van der Waals surface area contributed by atoms with Crippen LogP contribution in [0, 0.1) is 13.8 Å². The highest BCUT2D eigenvalue weighted by Crippen LogP contribution is 2.30. The van der Waals surface area contributed by atoms with E-state index in [4.69, 9.17) is 5.73 Å². The van der Waals surface area contributed by atoms with Crippen LogP contribution in [0.1, 0.15) is 36.0 Å². The highest BCUT2D eigenvalue weighted by molar-refractivity contribution is 7.99. The first-order chi connectivity index (χ1) is 9.87. The van der Waals surface area contributed by atoms with Gasteiger partial charge in [-0.05, 0) is 62.1 Å². The van der Waals surface area contributed by atoms with Gasteiger partial charge in [-0.1, -0.05) is 6.07 Å². The van der Waals surface area contributed by atoms with Gasteiger partial charge in [0.15, 0.2) is 0 Å². The molecule has 4 nitrogen and oxygen atoms in total. The van der Waals surface area contributed by atoms with Gasteiger partial charge in [0.1, 0.15) is 0 Å². The van der Waals surface area contributed by atoms with Gasteiger partial charge < -0.3 is 5.73 Å². The van der Waals surface area contributed by atoms with Crippen molar-refractivity contribution in [3.8, 4) is 0 Å². The second kappa shape index (κ2) is 6.69. The molecule has 1 fully saturated rings. The van der Waals surface area contributed by atoms with E-state index in [1.165, 1.54) is 0 Å². The van der Waals surface area contributed by atoms with E-state index in [9.17, 15) is 8.42 Å². The van der Waals surface area contributed by atoms with E-state index in [0.29, 0.717) is 16.7 Å². The summed E-state index contributed by atoms with van der Waals surface area (Å²) in [5.74, 6) is 0. The van der Waals surface area contributed by atoms with E-state index in [2.05, 4.69) is 11.0 Å². The van der Waals surface area contributed by atoms with Gasteiger partial charge in [0.25, 0.3) is 0 Å². The molecule has 0 aliphatic heterocycles. The van der Waals surface area contributed by atoms with Crippen LogP contribution in [-0.2, 0) is 16.6 Å². The van der Waals surface area contributed by atoms with E-state index in [-0.39, 0.29) is 6.04 Å². The number of nitrogens with one attached hydrogen (secondary N) is 1. The summed E-state index contributed by atoms with van der Waals surface area (Å²) in [4.78, 5) is 0.371. The molecule has 0 bridgehead atoms. The molecule has 1 aromatic rings. The number of thioether (sulfide) groups is 1. The van der Waals surface area contributed by atoms with Crippen molar-refractivity contribution >= 4 is 21.8 Å². The Labute approximate surface area is 131 Å². The first kappa shape index (κ1) is 16.8. The van der Waals surface area contributed by atoms with Crippen LogP contribution in [-0.4, -0.2) is 26.0 Å². The van der Waals surface area contributed by atoms with Crippen molar-refractivity contribution in [2.24, 2.45) is 5.73 Å². The lowest BCUT2D eigenvalue weighted by molar-refractivity contribution is 0.552. The summed E-state index contributed by atoms with van der Waals surface area (Å²) in [5.41, 5.74) is 8.29. The number of hydrogen-bond donors (Lipinski definition) is 2. The highest BCUT2D eigenvalue weighted by Gasteiger charge is 2.29. The van der Waals surface area contributed by atoms with Crippen molar-refractivity contribution in [2.75, 3.05) is 6.26 Å². The van der Waals surface area contributed by atoms with Crippen LogP contribution < -0.4 is 10.5 Å². The molecular formula is C15H24N2O2S2. The Morgan fingerprint density at radius 2 is 2.05 bits per heavy atom. The Kier molecular flexibility index (Phi) is 5.35. The SMILES string of the molecule is CSC1CCC(NS(=O)(=O)c2cc(CN)cc(C)c2C)C1. The molecule has 2 rings (SSSR count). The molecule has 0 amide bonds. The second-order valence-electron chi connectivity index (χ2n) is 5.73. The molecule has 118 valence electrons. The summed E-state index contributed by atoms with van der Waals surface area (Å²) in [6, 6.07) is 3.70. The minimum atomic E-state index is -3.48. The molecule has 3 N–H and O–H groups in total. The maximum atomic E-state index is 12.7. The predicted molar refractivity (Wildman–Crippen MR) is 89.1 cm³/mol. The Morgan fingerprint density at radius 3 is 2.62 bits per heavy atom. The van der Waals surface area contributed by atoms with Gasteiger partial charge in [0, 0.05) is 17.8 Å². The fourth-order valence-corrected chi connectivity index (χ4v) is 5.29. The van der Waals surface area contributed by atoms with Gasteiger partial charge in [0.05, 0.1) is 4.90 Å². The fraction of sp³-hybridized carbons (Fsp3) is 0.600. The van der Waals surface area contributed by atoms with Gasteiger partial charge in [-0.2, -0.15) is 11.8 Å². The van der Waals surface area contributed by atoms with Gasteiger partial charge >= 0.3 is 0 Å². The van der Waals surface area contributed by atoms with Crippen molar-refractivity contribution < 1.29 is 8.42 Å². The number of hydrogen-bond acceptors (Lipinski definition) is 4. The Balaban J connectivity index is 2.26. The average molecular weight is 329 g/mol. The molecule has 1 aliphatic rings. The molecule has 0 aromatic heterocycles. The largest absolute Gasteiger partial charge is 0.326 e. The van der Waals surface area contributed by atoms with Gasteiger partial charge in [0.2, 0.25) is 10.0 Å². The molecule has 2 unspecified atom stereocenters. The minimum Gasteiger partial charge on any atom is -0.326 e. The third-order valence-corrected chi connectivity index (χ3v) is 6.99. The number of sulfonamides is 1. The summed E-state index contributed by atoms with van der Waals surface area (Å²) < 4.78 is 28.2. The molecule has 0 radical (unpaired) electrons. The molecule has 1 aromatic carbocycles. The lowest BCUT2D eigenvalue weighted by atomic mass is 10.1. The molecule has 0 saturated heterocycles. The molecule has 0 spiro atoms. The molecular weight excluding hydrogens is 304 g/mol. The lowest BCUT2D eigenvalue weighted by Crippen LogP contribution is -2.33. The summed E-state index contributed by atoms with van der Waals surface area (Å²) in [6.07, 6.45) is 4.99. The Bertz CT molecular complexity index is 614. The molecule has 0 heterocycles. The Morgan fingerprint density at radius 1 is 1.33 bits per heavy atom. The van der Waals surface area contributed by atoms with Crippen LogP contribution in [0.5, 0.6) is 0 Å². The zero-order valence-electron chi connectivity index (χ0n) is 12.8. The number of aryl methyl sites for hydroxylation is 1. The smallest absolute Gasteiger partial charge is 0.241 e. The summed E-state index contributed by atoms with van der Waals surface area (Å²) >= 11 is 1.82. The van der Waals surface area contributed by atoms with Crippen molar-refractivity contribution in [1.29, 1.82) is 0 Å². The maximum absolute atomic E-state index is 12.7. The highest BCUT2D eigenvalue weighted by atomic mass is 32.2. The van der Waals surface area contributed by atoms with Crippen molar-refractivity contribution in [1.82, 2.24) is 4.72 Å². The number of benzene rings is 1. The molecule has 21 heavy (non-hydrogen) atoms. The molecule has 1 aliphatic carbocycles. The predicted octanol–water partition coefficient (Wildman–Crippen LogP) is 2.32. The van der Waals surface area contributed by atoms with Crippen LogP contribution in [0.25, 0.3) is 0 Å². The molecule has 6 heteroatoms. The van der Waals surface area contributed by atoms with Crippen LogP contribution >= 0.6 is 11.8 Å².